The van der Waals surface area contributed by atoms with Gasteiger partial charge in [-0.2, -0.15) is 0 Å². The number of nitrogens with one attached hydrogen (secondary N) is 2. The van der Waals surface area contributed by atoms with E-state index in [1.54, 1.807) is 31.5 Å². The Balaban J connectivity index is 1.90. The van der Waals surface area contributed by atoms with E-state index in [9.17, 15) is 0 Å². The van der Waals surface area contributed by atoms with Gasteiger partial charge in [0.05, 0.1) is 12.8 Å². The molecule has 0 radical (unpaired) electrons. The molecule has 0 aliphatic heterocycles. The average Bonchev–Trinajstić information content (AvgIpc) is 3.04. The maximum atomic E-state index is 6.13. The second-order valence-corrected chi connectivity index (χ2v) is 5.75. The van der Waals surface area contributed by atoms with Gasteiger partial charge >= 0.3 is 0 Å². The lowest BCUT2D eigenvalue weighted by atomic mass is 10.3. The molecule has 118 valence electrons. The maximum Gasteiger partial charge on any atom is 0.188 e. The van der Waals surface area contributed by atoms with Crippen LogP contribution in [0.15, 0.2) is 36.1 Å². The Kier molecular flexibility index (Phi) is 4.45. The summed E-state index contributed by atoms with van der Waals surface area (Å²) in [4.78, 5) is 12.4. The van der Waals surface area contributed by atoms with Crippen molar-refractivity contribution in [1.82, 2.24) is 15.0 Å². The molecule has 3 aromatic rings. The minimum absolute atomic E-state index is 0.365. The van der Waals surface area contributed by atoms with Crippen LogP contribution >= 0.6 is 22.9 Å². The molecule has 0 aliphatic carbocycles. The molecule has 3 rings (SSSR count). The molecule has 23 heavy (non-hydrogen) atoms. The number of ether oxygens (including phenoxy) is 1. The summed E-state index contributed by atoms with van der Waals surface area (Å²) in [6, 6.07) is 5.23. The van der Waals surface area contributed by atoms with E-state index in [0.29, 0.717) is 38.9 Å². The van der Waals surface area contributed by atoms with Crippen molar-refractivity contribution in [2.75, 3.05) is 23.5 Å². The standard InChI is InChI=1S/C14H13ClN6OS/c1-22-10-3-2-8(15)6-9(10)20-12-11(16)13(19-7-18-12)21-14-17-4-5-23-14/h2-7H,16H2,1H3,(H2,17,18,19,20,21). The molecule has 0 unspecified atom stereocenters. The van der Waals surface area contributed by atoms with Crippen molar-refractivity contribution in [3.05, 3.63) is 41.1 Å². The van der Waals surface area contributed by atoms with E-state index in [-0.39, 0.29) is 0 Å². The van der Waals surface area contributed by atoms with E-state index >= 15 is 0 Å². The van der Waals surface area contributed by atoms with E-state index in [2.05, 4.69) is 25.6 Å². The first-order valence-electron chi connectivity index (χ1n) is 6.55. The second kappa shape index (κ2) is 6.67. The Morgan fingerprint density at radius 2 is 1.96 bits per heavy atom. The highest BCUT2D eigenvalue weighted by Crippen LogP contribution is 2.33. The number of hydrogen-bond acceptors (Lipinski definition) is 8. The van der Waals surface area contributed by atoms with Crippen molar-refractivity contribution in [2.45, 2.75) is 0 Å². The number of rotatable bonds is 5. The molecule has 1 aromatic carbocycles. The summed E-state index contributed by atoms with van der Waals surface area (Å²) in [5.41, 5.74) is 7.15. The number of thiazole rings is 1. The van der Waals surface area contributed by atoms with Crippen LogP contribution in [0.1, 0.15) is 0 Å². The normalized spacial score (nSPS) is 10.3. The van der Waals surface area contributed by atoms with E-state index in [1.165, 1.54) is 17.7 Å². The highest BCUT2D eigenvalue weighted by atomic mass is 35.5. The number of methoxy groups -OCH3 is 1. The van der Waals surface area contributed by atoms with Gasteiger partial charge in [-0.3, -0.25) is 0 Å². The highest BCUT2D eigenvalue weighted by molar-refractivity contribution is 7.13. The molecule has 0 atom stereocenters. The van der Waals surface area contributed by atoms with Crippen LogP contribution in [0, 0.1) is 0 Å². The molecule has 0 bridgehead atoms. The Morgan fingerprint density at radius 1 is 1.17 bits per heavy atom. The molecule has 4 N–H and O–H groups in total. The smallest absolute Gasteiger partial charge is 0.188 e. The number of halogens is 1. The van der Waals surface area contributed by atoms with E-state index < -0.39 is 0 Å². The van der Waals surface area contributed by atoms with Crippen molar-refractivity contribution in [1.29, 1.82) is 0 Å². The van der Waals surface area contributed by atoms with Crippen LogP contribution in [0.2, 0.25) is 5.02 Å². The topological polar surface area (TPSA) is 98.0 Å². The van der Waals surface area contributed by atoms with Crippen LogP contribution in [0.3, 0.4) is 0 Å². The summed E-state index contributed by atoms with van der Waals surface area (Å²) in [6.07, 6.45) is 3.10. The number of nitrogens with zero attached hydrogens (tertiary/aromatic N) is 3. The van der Waals surface area contributed by atoms with Crippen molar-refractivity contribution in [3.8, 4) is 5.75 Å². The van der Waals surface area contributed by atoms with Gasteiger partial charge < -0.3 is 21.1 Å². The van der Waals surface area contributed by atoms with Gasteiger partial charge in [-0.05, 0) is 18.2 Å². The van der Waals surface area contributed by atoms with Crippen molar-refractivity contribution < 1.29 is 4.74 Å². The van der Waals surface area contributed by atoms with Gasteiger partial charge in [-0.25, -0.2) is 15.0 Å². The third kappa shape index (κ3) is 3.43. The zero-order chi connectivity index (χ0) is 16.2. The monoisotopic (exact) mass is 348 g/mol. The number of anilines is 5. The quantitative estimate of drug-likeness (QED) is 0.647. The van der Waals surface area contributed by atoms with Crippen LogP contribution in [0.5, 0.6) is 5.75 Å². The van der Waals surface area contributed by atoms with Gasteiger partial charge in [0, 0.05) is 16.6 Å². The molecule has 0 spiro atoms. The molecular formula is C14H13ClN6OS. The number of hydrogen-bond donors (Lipinski definition) is 3. The summed E-state index contributed by atoms with van der Waals surface area (Å²) >= 11 is 7.48. The Hall–Kier alpha value is -2.58. The lowest BCUT2D eigenvalue weighted by Gasteiger charge is -2.14. The van der Waals surface area contributed by atoms with Gasteiger partial charge in [0.25, 0.3) is 0 Å². The van der Waals surface area contributed by atoms with Crippen molar-refractivity contribution in [2.24, 2.45) is 0 Å². The lowest BCUT2D eigenvalue weighted by Crippen LogP contribution is -2.05. The minimum atomic E-state index is 0.365. The number of nitrogens with two attached hydrogens (primary N) is 1. The molecule has 7 nitrogen and oxygen atoms in total. The van der Waals surface area contributed by atoms with Gasteiger partial charge in [-0.15, -0.1) is 11.3 Å². The van der Waals surface area contributed by atoms with Crippen LogP contribution in [-0.2, 0) is 0 Å². The summed E-state index contributed by atoms with van der Waals surface area (Å²) in [6.45, 7) is 0. The Bertz CT molecular complexity index is 811. The van der Waals surface area contributed by atoms with Crippen LogP contribution in [-0.4, -0.2) is 22.1 Å². The molecule has 9 heteroatoms. The number of nitrogen functional groups attached to an aromatic ring is 1. The minimum Gasteiger partial charge on any atom is -0.495 e. The first-order valence-corrected chi connectivity index (χ1v) is 7.80. The first-order chi connectivity index (χ1) is 11.2. The van der Waals surface area contributed by atoms with E-state index in [1.807, 2.05) is 5.38 Å². The maximum absolute atomic E-state index is 6.13. The predicted molar refractivity (Wildman–Crippen MR) is 93.1 cm³/mol. The zero-order valence-electron chi connectivity index (χ0n) is 12.1. The summed E-state index contributed by atoms with van der Waals surface area (Å²) in [5.74, 6) is 1.54. The molecule has 0 fully saturated rings. The van der Waals surface area contributed by atoms with Gasteiger partial charge in [0.15, 0.2) is 16.8 Å². The second-order valence-electron chi connectivity index (χ2n) is 4.42. The van der Waals surface area contributed by atoms with Crippen molar-refractivity contribution in [3.63, 3.8) is 0 Å². The largest absolute Gasteiger partial charge is 0.495 e. The van der Waals surface area contributed by atoms with E-state index in [4.69, 9.17) is 22.1 Å². The van der Waals surface area contributed by atoms with Crippen molar-refractivity contribution >= 4 is 51.1 Å². The SMILES string of the molecule is COc1ccc(Cl)cc1Nc1ncnc(Nc2nccs2)c1N. The zero-order valence-corrected chi connectivity index (χ0v) is 13.6. The molecular weight excluding hydrogens is 336 g/mol. The molecule has 0 amide bonds. The predicted octanol–water partition coefficient (Wildman–Crippen LogP) is 3.66. The van der Waals surface area contributed by atoms with Gasteiger partial charge in [0.1, 0.15) is 17.8 Å². The van der Waals surface area contributed by atoms with Crippen LogP contribution in [0.4, 0.5) is 28.1 Å². The summed E-state index contributed by atoms with van der Waals surface area (Å²) in [7, 11) is 1.58. The van der Waals surface area contributed by atoms with Crippen LogP contribution in [0.25, 0.3) is 0 Å². The summed E-state index contributed by atoms with van der Waals surface area (Å²) < 4.78 is 5.30. The third-order valence-electron chi connectivity index (χ3n) is 2.96. The van der Waals surface area contributed by atoms with Gasteiger partial charge in [-0.1, -0.05) is 11.6 Å². The molecule has 0 aliphatic rings. The average molecular weight is 349 g/mol. The Morgan fingerprint density at radius 3 is 2.65 bits per heavy atom. The fourth-order valence-corrected chi connectivity index (χ4v) is 2.59. The molecule has 0 saturated carbocycles. The Labute approximate surface area is 141 Å². The van der Waals surface area contributed by atoms with Crippen LogP contribution < -0.4 is 21.1 Å². The number of aromatic nitrogens is 3. The fourth-order valence-electron chi connectivity index (χ4n) is 1.89. The molecule has 0 saturated heterocycles. The highest BCUT2D eigenvalue weighted by Gasteiger charge is 2.12. The first kappa shape index (κ1) is 15.3. The summed E-state index contributed by atoms with van der Waals surface area (Å²) in [5, 5.41) is 9.29. The lowest BCUT2D eigenvalue weighted by molar-refractivity contribution is 0.417. The third-order valence-corrected chi connectivity index (χ3v) is 3.88. The molecule has 2 aromatic heterocycles. The fraction of sp³-hybridized carbons (Fsp3) is 0.0714. The van der Waals surface area contributed by atoms with E-state index in [0.717, 1.165) is 0 Å². The van der Waals surface area contributed by atoms with Gasteiger partial charge in [0.2, 0.25) is 0 Å². The number of benzene rings is 1. The molecule has 2 heterocycles.